The van der Waals surface area contributed by atoms with Crippen molar-refractivity contribution in [2.75, 3.05) is 13.1 Å². The Hall–Kier alpha value is -3.24. The number of nitrogens with zero attached hydrogens (tertiary/aromatic N) is 4. The summed E-state index contributed by atoms with van der Waals surface area (Å²) in [6, 6.07) is -0.728. The molecule has 0 aromatic carbocycles. The summed E-state index contributed by atoms with van der Waals surface area (Å²) in [5, 5.41) is 13.6. The number of aryl methyl sites for hydroxylation is 2. The predicted molar refractivity (Wildman–Crippen MR) is 138 cm³/mol. The number of aliphatic carboxylic acids is 1. The van der Waals surface area contributed by atoms with E-state index >= 15 is 0 Å². The minimum Gasteiger partial charge on any atom is -0.481 e. The molecule has 2 atom stereocenters. The molecule has 0 spiro atoms. The van der Waals surface area contributed by atoms with E-state index in [1.807, 2.05) is 20.8 Å². The van der Waals surface area contributed by atoms with Crippen LogP contribution in [0.5, 0.6) is 0 Å². The summed E-state index contributed by atoms with van der Waals surface area (Å²) in [4.78, 5) is 43.9. The van der Waals surface area contributed by atoms with Crippen LogP contribution >= 0.6 is 0 Å². The number of aromatic nitrogens is 3. The number of alkyl halides is 3. The van der Waals surface area contributed by atoms with Crippen LogP contribution in [0.2, 0.25) is 0 Å². The van der Waals surface area contributed by atoms with E-state index in [0.717, 1.165) is 15.8 Å². The molecule has 1 aliphatic rings. The predicted octanol–water partition coefficient (Wildman–Crippen LogP) is 5.74. The number of pyridine rings is 1. The van der Waals surface area contributed by atoms with Crippen LogP contribution in [-0.4, -0.2) is 55.5 Å². The van der Waals surface area contributed by atoms with Crippen LogP contribution < -0.4 is 0 Å². The zero-order chi connectivity index (χ0) is 29.5. The van der Waals surface area contributed by atoms with Gasteiger partial charge >= 0.3 is 12.1 Å². The topological polar surface area (TPSA) is 105 Å². The van der Waals surface area contributed by atoms with E-state index in [0.29, 0.717) is 16.7 Å². The molecule has 214 valence electrons. The second-order valence-corrected chi connectivity index (χ2v) is 12.5. The van der Waals surface area contributed by atoms with E-state index < -0.39 is 58.6 Å². The number of Topliss-reactive ketones (excluding diaryl/α,β-unsaturated/α-hetero) is 1. The fraction of sp³-hybridized carbons (Fsp3) is 0.607. The van der Waals surface area contributed by atoms with Gasteiger partial charge in [0.05, 0.1) is 30.3 Å². The van der Waals surface area contributed by atoms with Gasteiger partial charge in [-0.1, -0.05) is 34.6 Å². The number of ketones is 1. The van der Waals surface area contributed by atoms with Gasteiger partial charge in [-0.15, -0.1) is 0 Å². The largest absolute Gasteiger partial charge is 0.481 e. The molecule has 0 aliphatic heterocycles. The summed E-state index contributed by atoms with van der Waals surface area (Å²) in [7, 11) is 0. The summed E-state index contributed by atoms with van der Waals surface area (Å²) < 4.78 is 44.3. The normalized spacial score (nSPS) is 19.5. The van der Waals surface area contributed by atoms with Crippen molar-refractivity contribution >= 4 is 17.7 Å². The third-order valence-corrected chi connectivity index (χ3v) is 7.32. The molecule has 1 saturated carbocycles. The maximum atomic E-state index is 14.5. The van der Waals surface area contributed by atoms with Gasteiger partial charge < -0.3 is 10.0 Å². The number of carboxylic acid groups (broad SMARTS) is 1. The molecule has 8 nitrogen and oxygen atoms in total. The number of carbonyl (C=O) groups is 3. The highest BCUT2D eigenvalue weighted by atomic mass is 19.4. The maximum Gasteiger partial charge on any atom is 0.433 e. The summed E-state index contributed by atoms with van der Waals surface area (Å²) in [5.41, 5.74) is -1.45. The first kappa shape index (κ1) is 30.3. The fourth-order valence-electron chi connectivity index (χ4n) is 5.68. The molecule has 1 fully saturated rings. The summed E-state index contributed by atoms with van der Waals surface area (Å²) in [5.74, 6) is -2.99. The number of hydrogen-bond acceptors (Lipinski definition) is 5. The number of halogens is 3. The van der Waals surface area contributed by atoms with E-state index in [2.05, 4.69) is 10.1 Å². The number of rotatable bonds is 7. The fourth-order valence-corrected chi connectivity index (χ4v) is 5.68. The van der Waals surface area contributed by atoms with Crippen LogP contribution in [0.1, 0.15) is 97.5 Å². The number of carbonyl (C=O) groups excluding carboxylic acids is 2. The average molecular weight is 551 g/mol. The highest BCUT2D eigenvalue weighted by molar-refractivity contribution is 6.04. The lowest BCUT2D eigenvalue weighted by Crippen LogP contribution is -2.42. The van der Waals surface area contributed by atoms with Gasteiger partial charge in [0.25, 0.3) is 5.91 Å². The number of amides is 1. The Kier molecular flexibility index (Phi) is 8.34. The minimum atomic E-state index is -4.90. The molecule has 0 saturated heterocycles. The average Bonchev–Trinajstić information content (AvgIpc) is 3.22. The summed E-state index contributed by atoms with van der Waals surface area (Å²) >= 11 is 0. The molecular weight excluding hydrogens is 513 g/mol. The van der Waals surface area contributed by atoms with E-state index in [1.54, 1.807) is 27.7 Å². The van der Waals surface area contributed by atoms with E-state index in [9.17, 15) is 32.7 Å². The van der Waals surface area contributed by atoms with Gasteiger partial charge in [0.15, 0.2) is 11.5 Å². The van der Waals surface area contributed by atoms with Gasteiger partial charge in [-0.2, -0.15) is 18.3 Å². The van der Waals surface area contributed by atoms with Crippen LogP contribution in [0.3, 0.4) is 0 Å². The van der Waals surface area contributed by atoms with E-state index in [-0.39, 0.29) is 31.6 Å². The van der Waals surface area contributed by atoms with Crippen molar-refractivity contribution in [2.24, 2.45) is 16.7 Å². The first-order valence-electron chi connectivity index (χ1n) is 12.9. The lowest BCUT2D eigenvalue weighted by atomic mass is 9.67. The van der Waals surface area contributed by atoms with Crippen molar-refractivity contribution < 1.29 is 32.7 Å². The van der Waals surface area contributed by atoms with Crippen molar-refractivity contribution in [2.45, 2.75) is 79.9 Å². The van der Waals surface area contributed by atoms with Crippen LogP contribution in [0, 0.1) is 30.6 Å². The second kappa shape index (κ2) is 10.7. The molecule has 1 aliphatic carbocycles. The number of carboxylic acids is 1. The lowest BCUT2D eigenvalue weighted by molar-refractivity contribution is -0.151. The van der Waals surface area contributed by atoms with Crippen LogP contribution in [0.15, 0.2) is 18.6 Å². The Balaban J connectivity index is 2.02. The van der Waals surface area contributed by atoms with Crippen molar-refractivity contribution in [3.63, 3.8) is 0 Å². The van der Waals surface area contributed by atoms with Crippen molar-refractivity contribution in [3.05, 3.63) is 46.5 Å². The van der Waals surface area contributed by atoms with Crippen molar-refractivity contribution in [3.8, 4) is 0 Å². The standard InChI is InChI=1S/C28H37F3N4O4/c1-16-11-32-12-17(2)22(16)21(36)14-34(15-26(3,4)5)24(37)19-13-33-35(23(19)28(29,30)31)18-8-9-20(25(38)39)27(6,7)10-18/h11-13,18,20H,8-10,14-15H2,1-7H3,(H,38,39)/t18-,20+/m1/s1. The molecule has 39 heavy (non-hydrogen) atoms. The van der Waals surface area contributed by atoms with Gasteiger partial charge in [0.2, 0.25) is 0 Å². The Bertz CT molecular complexity index is 1240. The Morgan fingerprint density at radius 2 is 1.67 bits per heavy atom. The monoisotopic (exact) mass is 550 g/mol. The Labute approximate surface area is 226 Å². The molecule has 1 amide bonds. The molecule has 0 unspecified atom stereocenters. The van der Waals surface area contributed by atoms with Gasteiger partial charge in [-0.05, 0) is 55.1 Å². The van der Waals surface area contributed by atoms with Gasteiger partial charge in [0, 0.05) is 24.5 Å². The van der Waals surface area contributed by atoms with Gasteiger partial charge in [-0.25, -0.2) is 0 Å². The third-order valence-electron chi connectivity index (χ3n) is 7.32. The van der Waals surface area contributed by atoms with E-state index in [1.165, 1.54) is 12.4 Å². The molecule has 0 bridgehead atoms. The molecule has 3 rings (SSSR count). The molecule has 2 aromatic rings. The third kappa shape index (κ3) is 6.67. The lowest BCUT2D eigenvalue weighted by Gasteiger charge is -2.40. The van der Waals surface area contributed by atoms with Crippen LogP contribution in [0.4, 0.5) is 13.2 Å². The minimum absolute atomic E-state index is 0.0416. The molecule has 2 aromatic heterocycles. The van der Waals surface area contributed by atoms with E-state index in [4.69, 9.17) is 0 Å². The first-order valence-corrected chi connectivity index (χ1v) is 12.9. The molecular formula is C28H37F3N4O4. The van der Waals surface area contributed by atoms with Crippen molar-refractivity contribution in [1.82, 2.24) is 19.7 Å². The van der Waals surface area contributed by atoms with Gasteiger partial charge in [0.1, 0.15) is 0 Å². The highest BCUT2D eigenvalue weighted by Crippen LogP contribution is 2.47. The van der Waals surface area contributed by atoms with Crippen molar-refractivity contribution in [1.29, 1.82) is 0 Å². The zero-order valence-electron chi connectivity index (χ0n) is 23.5. The zero-order valence-corrected chi connectivity index (χ0v) is 23.5. The second-order valence-electron chi connectivity index (χ2n) is 12.5. The molecule has 2 heterocycles. The highest BCUT2D eigenvalue weighted by Gasteiger charge is 2.47. The SMILES string of the molecule is Cc1cncc(C)c1C(=O)CN(CC(C)(C)C)C(=O)c1cnn([C@@H]2CC[C@@H](C(=O)O)C(C)(C)C2)c1C(F)(F)F. The first-order chi connectivity index (χ1) is 17.8. The summed E-state index contributed by atoms with van der Waals surface area (Å²) in [6.07, 6.45) is -0.375. The summed E-state index contributed by atoms with van der Waals surface area (Å²) in [6.45, 7) is 12.0. The maximum absolute atomic E-state index is 14.5. The Morgan fingerprint density at radius 3 is 2.15 bits per heavy atom. The van der Waals surface area contributed by atoms with Crippen LogP contribution in [-0.2, 0) is 11.0 Å². The molecule has 11 heteroatoms. The van der Waals surface area contributed by atoms with Crippen LogP contribution in [0.25, 0.3) is 0 Å². The number of hydrogen-bond donors (Lipinski definition) is 1. The molecule has 1 N–H and O–H groups in total. The smallest absolute Gasteiger partial charge is 0.433 e. The Morgan fingerprint density at radius 1 is 1.08 bits per heavy atom. The van der Waals surface area contributed by atoms with Gasteiger partial charge in [-0.3, -0.25) is 24.0 Å². The molecule has 0 radical (unpaired) electrons. The quantitative estimate of drug-likeness (QED) is 0.441.